The Morgan fingerprint density at radius 2 is 2.00 bits per heavy atom. The van der Waals surface area contributed by atoms with Gasteiger partial charge in [-0.25, -0.2) is 4.98 Å². The molecular weight excluding hydrogens is 228 g/mol. The Hall–Kier alpha value is -2.61. The molecule has 1 aromatic heterocycles. The molecule has 0 amide bonds. The van der Waals surface area contributed by atoms with Gasteiger partial charge in [-0.2, -0.15) is 10.2 Å². The van der Waals surface area contributed by atoms with Gasteiger partial charge in [-0.1, -0.05) is 6.07 Å². The van der Waals surface area contributed by atoms with Gasteiger partial charge in [0.2, 0.25) is 0 Å². The molecular formula is C13H12N4O. The molecule has 0 bridgehead atoms. The molecule has 0 unspecified atom stereocenters. The summed E-state index contributed by atoms with van der Waals surface area (Å²) in [5, 5.41) is 8.82. The second-order valence-corrected chi connectivity index (χ2v) is 3.93. The molecule has 1 heterocycles. The van der Waals surface area contributed by atoms with Crippen LogP contribution in [-0.2, 0) is 0 Å². The lowest BCUT2D eigenvalue weighted by molar-refractivity contribution is 0.441. The summed E-state index contributed by atoms with van der Waals surface area (Å²) in [6.07, 6.45) is 0. The summed E-state index contributed by atoms with van der Waals surface area (Å²) < 4.78 is 5.49. The zero-order chi connectivity index (χ0) is 13.1. The highest BCUT2D eigenvalue weighted by Crippen LogP contribution is 2.26. The molecule has 0 atom stereocenters. The van der Waals surface area contributed by atoms with E-state index in [4.69, 9.17) is 15.7 Å². The maximum atomic E-state index is 8.82. The van der Waals surface area contributed by atoms with E-state index in [-0.39, 0.29) is 11.7 Å². The van der Waals surface area contributed by atoms with Gasteiger partial charge in [0.1, 0.15) is 11.8 Å². The SMILES string of the molecule is Cc1ccc(Oc2nc(C)cc(C#N)n2)c(N)c1. The van der Waals surface area contributed by atoms with Crippen LogP contribution in [0.5, 0.6) is 11.8 Å². The van der Waals surface area contributed by atoms with Crippen LogP contribution in [0.2, 0.25) is 0 Å². The number of nitriles is 1. The van der Waals surface area contributed by atoms with Crippen molar-refractivity contribution in [2.24, 2.45) is 0 Å². The number of hydrogen-bond acceptors (Lipinski definition) is 5. The average Bonchev–Trinajstić information content (AvgIpc) is 2.32. The molecule has 0 radical (unpaired) electrons. The Morgan fingerprint density at radius 3 is 2.67 bits per heavy atom. The minimum atomic E-state index is 0.127. The number of nitrogens with two attached hydrogens (primary N) is 1. The fraction of sp³-hybridized carbons (Fsp3) is 0.154. The third-order valence-corrected chi connectivity index (χ3v) is 2.31. The third kappa shape index (κ3) is 2.55. The van der Waals surface area contributed by atoms with E-state index in [9.17, 15) is 0 Å². The van der Waals surface area contributed by atoms with E-state index in [1.54, 1.807) is 25.1 Å². The quantitative estimate of drug-likeness (QED) is 0.814. The summed E-state index contributed by atoms with van der Waals surface area (Å²) in [5.74, 6) is 0.482. The molecule has 5 heteroatoms. The Balaban J connectivity index is 2.34. The van der Waals surface area contributed by atoms with Gasteiger partial charge in [-0.15, -0.1) is 0 Å². The van der Waals surface area contributed by atoms with Gasteiger partial charge in [0.05, 0.1) is 5.69 Å². The van der Waals surface area contributed by atoms with Crippen LogP contribution in [0.15, 0.2) is 24.3 Å². The van der Waals surface area contributed by atoms with Gasteiger partial charge in [0, 0.05) is 5.69 Å². The molecule has 2 aromatic rings. The molecule has 0 saturated heterocycles. The van der Waals surface area contributed by atoms with Crippen molar-refractivity contribution in [1.82, 2.24) is 9.97 Å². The summed E-state index contributed by atoms with van der Waals surface area (Å²) in [5.41, 5.74) is 8.32. The van der Waals surface area contributed by atoms with Gasteiger partial charge in [0.15, 0.2) is 5.75 Å². The normalized spacial score (nSPS) is 9.83. The van der Waals surface area contributed by atoms with Crippen molar-refractivity contribution in [3.63, 3.8) is 0 Å². The van der Waals surface area contributed by atoms with Crippen molar-refractivity contribution >= 4 is 5.69 Å². The molecule has 90 valence electrons. The molecule has 1 aromatic carbocycles. The summed E-state index contributed by atoms with van der Waals surface area (Å²) in [6, 6.07) is 9.11. The highest BCUT2D eigenvalue weighted by atomic mass is 16.5. The minimum Gasteiger partial charge on any atom is -0.422 e. The molecule has 5 nitrogen and oxygen atoms in total. The fourth-order valence-corrected chi connectivity index (χ4v) is 1.50. The van der Waals surface area contributed by atoms with Crippen molar-refractivity contribution in [2.75, 3.05) is 5.73 Å². The van der Waals surface area contributed by atoms with Crippen LogP contribution in [0.4, 0.5) is 5.69 Å². The maximum absolute atomic E-state index is 8.82. The van der Waals surface area contributed by atoms with Crippen LogP contribution in [-0.4, -0.2) is 9.97 Å². The van der Waals surface area contributed by atoms with Crippen LogP contribution in [0, 0.1) is 25.2 Å². The summed E-state index contributed by atoms with van der Waals surface area (Å²) in [6.45, 7) is 3.71. The zero-order valence-electron chi connectivity index (χ0n) is 10.1. The summed E-state index contributed by atoms with van der Waals surface area (Å²) >= 11 is 0. The first-order valence-electron chi connectivity index (χ1n) is 5.38. The molecule has 0 aliphatic heterocycles. The van der Waals surface area contributed by atoms with Crippen LogP contribution in [0.1, 0.15) is 17.0 Å². The Bertz CT molecular complexity index is 631. The van der Waals surface area contributed by atoms with Crippen molar-refractivity contribution in [2.45, 2.75) is 13.8 Å². The summed E-state index contributed by atoms with van der Waals surface area (Å²) in [4.78, 5) is 8.06. The number of nitrogens with zero attached hydrogens (tertiary/aromatic N) is 3. The van der Waals surface area contributed by atoms with Crippen molar-refractivity contribution < 1.29 is 4.74 Å². The molecule has 0 fully saturated rings. The predicted octanol–water partition coefficient (Wildman–Crippen LogP) is 2.34. The first-order chi connectivity index (χ1) is 8.58. The Kier molecular flexibility index (Phi) is 3.11. The molecule has 2 rings (SSSR count). The lowest BCUT2D eigenvalue weighted by atomic mass is 10.2. The molecule has 0 spiro atoms. The predicted molar refractivity (Wildman–Crippen MR) is 67.1 cm³/mol. The van der Waals surface area contributed by atoms with E-state index in [1.165, 1.54) is 0 Å². The molecule has 0 aliphatic carbocycles. The topological polar surface area (TPSA) is 84.8 Å². The Labute approximate surface area is 105 Å². The van der Waals surface area contributed by atoms with Gasteiger partial charge >= 0.3 is 6.01 Å². The van der Waals surface area contributed by atoms with Crippen LogP contribution >= 0.6 is 0 Å². The molecule has 18 heavy (non-hydrogen) atoms. The smallest absolute Gasteiger partial charge is 0.323 e. The minimum absolute atomic E-state index is 0.127. The fourth-order valence-electron chi connectivity index (χ4n) is 1.50. The lowest BCUT2D eigenvalue weighted by Crippen LogP contribution is -1.98. The van der Waals surface area contributed by atoms with Crippen LogP contribution in [0.25, 0.3) is 0 Å². The average molecular weight is 240 g/mol. The van der Waals surface area contributed by atoms with Gasteiger partial charge in [-0.3, -0.25) is 0 Å². The summed E-state index contributed by atoms with van der Waals surface area (Å²) in [7, 11) is 0. The number of anilines is 1. The molecule has 0 saturated carbocycles. The highest BCUT2D eigenvalue weighted by molar-refractivity contribution is 5.54. The van der Waals surface area contributed by atoms with Crippen LogP contribution in [0.3, 0.4) is 0 Å². The maximum Gasteiger partial charge on any atom is 0.323 e. The standard InChI is InChI=1S/C13H12N4O/c1-8-3-4-12(11(15)5-8)18-13-16-9(2)6-10(7-14)17-13/h3-6H,15H2,1-2H3. The van der Waals surface area contributed by atoms with Gasteiger partial charge in [-0.05, 0) is 37.6 Å². The van der Waals surface area contributed by atoms with Crippen molar-refractivity contribution in [3.8, 4) is 17.8 Å². The monoisotopic (exact) mass is 240 g/mol. The number of rotatable bonds is 2. The van der Waals surface area contributed by atoms with E-state index in [2.05, 4.69) is 9.97 Å². The highest BCUT2D eigenvalue weighted by Gasteiger charge is 2.07. The van der Waals surface area contributed by atoms with Crippen molar-refractivity contribution in [3.05, 3.63) is 41.2 Å². The van der Waals surface area contributed by atoms with Gasteiger partial charge in [0.25, 0.3) is 0 Å². The van der Waals surface area contributed by atoms with E-state index in [0.29, 0.717) is 17.1 Å². The second-order valence-electron chi connectivity index (χ2n) is 3.93. The number of hydrogen-bond donors (Lipinski definition) is 1. The first-order valence-corrected chi connectivity index (χ1v) is 5.38. The Morgan fingerprint density at radius 1 is 1.22 bits per heavy atom. The number of aryl methyl sites for hydroxylation is 2. The lowest BCUT2D eigenvalue weighted by Gasteiger charge is -2.07. The van der Waals surface area contributed by atoms with E-state index >= 15 is 0 Å². The largest absolute Gasteiger partial charge is 0.422 e. The number of nitrogen functional groups attached to an aromatic ring is 1. The first kappa shape index (κ1) is 11.9. The van der Waals surface area contributed by atoms with E-state index in [1.807, 2.05) is 19.1 Å². The molecule has 0 aliphatic rings. The number of aromatic nitrogens is 2. The third-order valence-electron chi connectivity index (χ3n) is 2.31. The van der Waals surface area contributed by atoms with Gasteiger partial charge < -0.3 is 10.5 Å². The van der Waals surface area contributed by atoms with E-state index < -0.39 is 0 Å². The van der Waals surface area contributed by atoms with E-state index in [0.717, 1.165) is 5.56 Å². The van der Waals surface area contributed by atoms with Crippen LogP contribution < -0.4 is 10.5 Å². The number of benzene rings is 1. The van der Waals surface area contributed by atoms with Crippen molar-refractivity contribution in [1.29, 1.82) is 5.26 Å². The molecule has 2 N–H and O–H groups in total. The zero-order valence-corrected chi connectivity index (χ0v) is 10.1. The number of ether oxygens (including phenoxy) is 1. The second kappa shape index (κ2) is 4.72.